The van der Waals surface area contributed by atoms with E-state index in [1.165, 1.54) is 6.92 Å². The first-order valence-corrected chi connectivity index (χ1v) is 8.51. The molecule has 1 saturated heterocycles. The Bertz CT molecular complexity index is 916. The van der Waals surface area contributed by atoms with Gasteiger partial charge in [-0.3, -0.25) is 4.79 Å². The van der Waals surface area contributed by atoms with Crippen LogP contribution in [-0.4, -0.2) is 32.1 Å². The van der Waals surface area contributed by atoms with Gasteiger partial charge in [-0.25, -0.2) is 8.42 Å². The van der Waals surface area contributed by atoms with Crippen molar-refractivity contribution in [3.63, 3.8) is 0 Å². The lowest BCUT2D eigenvalue weighted by molar-refractivity contribution is -0.155. The zero-order chi connectivity index (χ0) is 18.4. The summed E-state index contributed by atoms with van der Waals surface area (Å²) in [5.41, 5.74) is -0.296. The Morgan fingerprint density at radius 3 is 2.64 bits per heavy atom. The van der Waals surface area contributed by atoms with Crippen LogP contribution in [0.15, 0.2) is 26.0 Å². The predicted octanol–water partition coefficient (Wildman–Crippen LogP) is 1.43. The molecule has 1 aliphatic rings. The molecule has 1 fully saturated rings. The smallest absolute Gasteiger partial charge is 0.452 e. The summed E-state index contributed by atoms with van der Waals surface area (Å²) in [6, 6.07) is 0.723. The molecule has 3 rings (SSSR count). The number of amides is 1. The van der Waals surface area contributed by atoms with Crippen LogP contribution in [0.1, 0.15) is 17.9 Å². The van der Waals surface area contributed by atoms with Gasteiger partial charge in [0.25, 0.3) is 0 Å². The topological polar surface area (TPSA) is 114 Å². The van der Waals surface area contributed by atoms with Gasteiger partial charge >= 0.3 is 6.18 Å². The van der Waals surface area contributed by atoms with E-state index in [9.17, 15) is 26.4 Å². The maximum Gasteiger partial charge on any atom is 0.452 e. The highest BCUT2D eigenvalue weighted by Gasteiger charge is 2.37. The Morgan fingerprint density at radius 2 is 2.08 bits per heavy atom. The Labute approximate surface area is 139 Å². The molecule has 1 amide bonds. The highest BCUT2D eigenvalue weighted by molar-refractivity contribution is 7.89. The molecule has 25 heavy (non-hydrogen) atoms. The zero-order valence-electron chi connectivity index (χ0n) is 12.7. The minimum Gasteiger partial charge on any atom is -0.458 e. The fourth-order valence-electron chi connectivity index (χ4n) is 2.34. The molecule has 12 heteroatoms. The van der Waals surface area contributed by atoms with Gasteiger partial charge in [-0.2, -0.15) is 17.9 Å². The van der Waals surface area contributed by atoms with Gasteiger partial charge in [0, 0.05) is 18.7 Å². The van der Waals surface area contributed by atoms with E-state index >= 15 is 0 Å². The average Bonchev–Trinajstić information content (AvgIpc) is 3.18. The molecular weight excluding hydrogens is 367 g/mol. The SMILES string of the molecule is Cc1oc(-c2cc(C(F)(F)F)on2)cc1S(=O)(=O)N[C@H]1CCNC1=O. The van der Waals surface area contributed by atoms with E-state index in [2.05, 4.69) is 19.7 Å². The second kappa shape index (κ2) is 5.88. The van der Waals surface area contributed by atoms with Crippen molar-refractivity contribution in [2.45, 2.75) is 30.5 Å². The Kier molecular flexibility index (Phi) is 4.11. The first-order valence-electron chi connectivity index (χ1n) is 7.03. The number of carbonyl (C=O) groups is 1. The number of alkyl halides is 3. The summed E-state index contributed by atoms with van der Waals surface area (Å²) in [5.74, 6) is -2.04. The van der Waals surface area contributed by atoms with Crippen molar-refractivity contribution in [3.05, 3.63) is 23.7 Å². The van der Waals surface area contributed by atoms with Gasteiger partial charge in [0.05, 0.1) is 0 Å². The van der Waals surface area contributed by atoms with Crippen molar-refractivity contribution in [3.8, 4) is 11.5 Å². The largest absolute Gasteiger partial charge is 0.458 e. The molecule has 8 nitrogen and oxygen atoms in total. The van der Waals surface area contributed by atoms with Gasteiger partial charge in [-0.15, -0.1) is 0 Å². The molecule has 1 aliphatic heterocycles. The summed E-state index contributed by atoms with van der Waals surface area (Å²) in [6.07, 6.45) is -4.43. The van der Waals surface area contributed by atoms with E-state index in [0.29, 0.717) is 19.0 Å². The van der Waals surface area contributed by atoms with Crippen LogP contribution in [0.25, 0.3) is 11.5 Å². The number of nitrogens with one attached hydrogen (secondary N) is 2. The molecule has 0 saturated carbocycles. The van der Waals surface area contributed by atoms with Crippen molar-refractivity contribution >= 4 is 15.9 Å². The molecule has 2 N–H and O–H groups in total. The highest BCUT2D eigenvalue weighted by atomic mass is 32.2. The van der Waals surface area contributed by atoms with E-state index in [-0.39, 0.29) is 22.1 Å². The normalized spacial score (nSPS) is 18.6. The lowest BCUT2D eigenvalue weighted by atomic mass is 10.3. The third-order valence-electron chi connectivity index (χ3n) is 3.55. The maximum atomic E-state index is 12.5. The standard InChI is InChI=1S/C13H12F3N3O5S/c1-6-10(25(21,22)19-7-2-3-17-12(7)20)5-9(23-6)8-4-11(24-18-8)13(14,15)16/h4-5,7,19H,2-3H2,1H3,(H,17,20)/t7-/m0/s1. The summed E-state index contributed by atoms with van der Waals surface area (Å²) < 4.78 is 74.0. The number of halogens is 3. The van der Waals surface area contributed by atoms with E-state index < -0.39 is 33.9 Å². The van der Waals surface area contributed by atoms with Crippen LogP contribution in [0.4, 0.5) is 13.2 Å². The summed E-state index contributed by atoms with van der Waals surface area (Å²) in [6.45, 7) is 1.68. The zero-order valence-corrected chi connectivity index (χ0v) is 13.5. The van der Waals surface area contributed by atoms with Crippen LogP contribution in [-0.2, 0) is 21.0 Å². The summed E-state index contributed by atoms with van der Waals surface area (Å²) in [7, 11) is -4.10. The van der Waals surface area contributed by atoms with Gasteiger partial charge in [-0.05, 0) is 13.3 Å². The van der Waals surface area contributed by atoms with Crippen molar-refractivity contribution in [2.24, 2.45) is 0 Å². The molecule has 0 aliphatic carbocycles. The van der Waals surface area contributed by atoms with E-state index in [1.54, 1.807) is 0 Å². The summed E-state index contributed by atoms with van der Waals surface area (Å²) >= 11 is 0. The number of carbonyl (C=O) groups excluding carboxylic acids is 1. The molecule has 1 atom stereocenters. The lowest BCUT2D eigenvalue weighted by Crippen LogP contribution is -2.40. The number of sulfonamides is 1. The second-order valence-corrected chi connectivity index (χ2v) is 7.04. The number of hydrogen-bond acceptors (Lipinski definition) is 6. The van der Waals surface area contributed by atoms with E-state index in [1.807, 2.05) is 0 Å². The number of furan rings is 1. The van der Waals surface area contributed by atoms with E-state index in [0.717, 1.165) is 6.07 Å². The maximum absolute atomic E-state index is 12.5. The monoisotopic (exact) mass is 379 g/mol. The van der Waals surface area contributed by atoms with Crippen LogP contribution in [0, 0.1) is 6.92 Å². The number of hydrogen-bond donors (Lipinski definition) is 2. The number of rotatable bonds is 4. The van der Waals surface area contributed by atoms with Crippen LogP contribution in [0.2, 0.25) is 0 Å². The molecule has 0 unspecified atom stereocenters. The molecule has 3 heterocycles. The second-order valence-electron chi connectivity index (χ2n) is 5.36. The van der Waals surface area contributed by atoms with Crippen molar-refractivity contribution in [1.82, 2.24) is 15.2 Å². The quantitative estimate of drug-likeness (QED) is 0.831. The lowest BCUT2D eigenvalue weighted by Gasteiger charge is -2.09. The number of aryl methyl sites for hydroxylation is 1. The Hall–Kier alpha value is -2.34. The van der Waals surface area contributed by atoms with Crippen LogP contribution in [0.5, 0.6) is 0 Å². The number of nitrogens with zero attached hydrogens (tertiary/aromatic N) is 1. The first kappa shape index (κ1) is 17.5. The highest BCUT2D eigenvalue weighted by Crippen LogP contribution is 2.34. The molecule has 0 aromatic carbocycles. The fraction of sp³-hybridized carbons (Fsp3) is 0.385. The molecule has 0 bridgehead atoms. The summed E-state index contributed by atoms with van der Waals surface area (Å²) in [5, 5.41) is 5.72. The van der Waals surface area contributed by atoms with Crippen molar-refractivity contribution in [1.29, 1.82) is 0 Å². The van der Waals surface area contributed by atoms with E-state index in [4.69, 9.17) is 4.42 Å². The first-order chi connectivity index (χ1) is 11.6. The van der Waals surface area contributed by atoms with Crippen molar-refractivity contribution in [2.75, 3.05) is 6.54 Å². The molecule has 2 aromatic heterocycles. The third kappa shape index (κ3) is 3.39. The average molecular weight is 379 g/mol. The molecule has 0 spiro atoms. The molecule has 136 valence electrons. The van der Waals surface area contributed by atoms with Gasteiger partial charge in [0.1, 0.15) is 22.4 Å². The fourth-order valence-corrected chi connectivity index (χ4v) is 3.75. The Morgan fingerprint density at radius 1 is 1.36 bits per heavy atom. The van der Waals surface area contributed by atoms with Gasteiger partial charge < -0.3 is 14.3 Å². The molecular formula is C13H12F3N3O5S. The minimum absolute atomic E-state index is 0.0579. The predicted molar refractivity (Wildman–Crippen MR) is 75.7 cm³/mol. The third-order valence-corrected chi connectivity index (χ3v) is 5.13. The van der Waals surface area contributed by atoms with Gasteiger partial charge in [0.2, 0.25) is 21.7 Å². The van der Waals surface area contributed by atoms with Gasteiger partial charge in [0.15, 0.2) is 5.76 Å². The number of aromatic nitrogens is 1. The molecule has 2 aromatic rings. The minimum atomic E-state index is -4.72. The van der Waals surface area contributed by atoms with Crippen LogP contribution < -0.4 is 10.0 Å². The Balaban J connectivity index is 1.89. The molecule has 0 radical (unpaired) electrons. The van der Waals surface area contributed by atoms with Crippen LogP contribution in [0.3, 0.4) is 0 Å². The van der Waals surface area contributed by atoms with Crippen molar-refractivity contribution < 1.29 is 35.3 Å². The summed E-state index contributed by atoms with van der Waals surface area (Å²) in [4.78, 5) is 11.2. The van der Waals surface area contributed by atoms with Crippen LogP contribution >= 0.6 is 0 Å². The van der Waals surface area contributed by atoms with Gasteiger partial charge in [-0.1, -0.05) is 5.16 Å².